The van der Waals surface area contributed by atoms with E-state index in [2.05, 4.69) is 25.5 Å². The van der Waals surface area contributed by atoms with Gasteiger partial charge in [0.15, 0.2) is 0 Å². The zero-order chi connectivity index (χ0) is 21.7. The molecule has 1 heterocycles. The summed E-state index contributed by atoms with van der Waals surface area (Å²) in [5, 5.41) is 2.77. The highest BCUT2D eigenvalue weighted by atomic mass is 35.5. The minimum atomic E-state index is -3.75. The Balaban J connectivity index is 1.59. The van der Waals surface area contributed by atoms with Crippen molar-refractivity contribution in [2.45, 2.75) is 17.8 Å². The summed E-state index contributed by atoms with van der Waals surface area (Å²) in [5.41, 5.74) is 6.84. The van der Waals surface area contributed by atoms with E-state index in [0.29, 0.717) is 22.0 Å². The molecule has 0 bridgehead atoms. The van der Waals surface area contributed by atoms with Gasteiger partial charge in [0.1, 0.15) is 5.75 Å². The Morgan fingerprint density at radius 1 is 1.20 bits per heavy atom. The maximum atomic E-state index is 12.5. The van der Waals surface area contributed by atoms with Gasteiger partial charge in [-0.25, -0.2) is 18.6 Å². The van der Waals surface area contributed by atoms with E-state index >= 15 is 0 Å². The monoisotopic (exact) mass is 467 g/mol. The lowest BCUT2D eigenvalue weighted by molar-refractivity contribution is 0.254. The molecule has 9 nitrogen and oxygen atoms in total. The van der Waals surface area contributed by atoms with Gasteiger partial charge in [0, 0.05) is 11.5 Å². The molecule has 30 heavy (non-hydrogen) atoms. The van der Waals surface area contributed by atoms with E-state index in [4.69, 9.17) is 16.3 Å². The SMILES string of the molecule is COc1ccc(CS(=O)(=O)c2nsc(NNC(=O)Nc3cc(C)ccc3Cl)n2)cc1. The smallest absolute Gasteiger partial charge is 0.337 e. The van der Waals surface area contributed by atoms with E-state index in [-0.39, 0.29) is 16.0 Å². The molecule has 0 radical (unpaired) electrons. The minimum Gasteiger partial charge on any atom is -0.497 e. The number of carbonyl (C=O) groups excluding carboxylic acids is 1. The second-order valence-electron chi connectivity index (χ2n) is 6.18. The Bertz CT molecular complexity index is 1150. The molecule has 0 spiro atoms. The lowest BCUT2D eigenvalue weighted by atomic mass is 10.2. The summed E-state index contributed by atoms with van der Waals surface area (Å²) in [6.07, 6.45) is 0. The Hall–Kier alpha value is -2.89. The second kappa shape index (κ2) is 9.28. The average molecular weight is 468 g/mol. The highest BCUT2D eigenvalue weighted by molar-refractivity contribution is 7.90. The average Bonchev–Trinajstić information content (AvgIpc) is 3.20. The largest absolute Gasteiger partial charge is 0.497 e. The molecule has 3 rings (SSSR count). The van der Waals surface area contributed by atoms with E-state index in [1.54, 1.807) is 36.4 Å². The third-order valence-corrected chi connectivity index (χ3v) is 6.38. The first kappa shape index (κ1) is 21.8. The second-order valence-corrected chi connectivity index (χ2v) is 9.22. The van der Waals surface area contributed by atoms with Gasteiger partial charge in [0.2, 0.25) is 15.0 Å². The predicted octanol–water partition coefficient (Wildman–Crippen LogP) is 3.63. The summed E-state index contributed by atoms with van der Waals surface area (Å²) >= 11 is 6.84. The highest BCUT2D eigenvalue weighted by Gasteiger charge is 2.21. The van der Waals surface area contributed by atoms with Crippen molar-refractivity contribution < 1.29 is 17.9 Å². The van der Waals surface area contributed by atoms with Crippen LogP contribution in [0.2, 0.25) is 5.02 Å². The number of nitrogens with zero attached hydrogens (tertiary/aromatic N) is 2. The molecule has 2 aromatic carbocycles. The van der Waals surface area contributed by atoms with E-state index in [9.17, 15) is 13.2 Å². The number of benzene rings is 2. The van der Waals surface area contributed by atoms with Crippen LogP contribution in [0.15, 0.2) is 47.6 Å². The molecule has 0 aliphatic rings. The molecule has 3 aromatic rings. The molecule has 0 aliphatic heterocycles. The van der Waals surface area contributed by atoms with E-state index in [1.807, 2.05) is 13.0 Å². The highest BCUT2D eigenvalue weighted by Crippen LogP contribution is 2.23. The normalized spacial score (nSPS) is 11.0. The van der Waals surface area contributed by atoms with Crippen LogP contribution in [0.25, 0.3) is 0 Å². The molecule has 12 heteroatoms. The van der Waals surface area contributed by atoms with E-state index in [0.717, 1.165) is 17.1 Å². The first-order valence-corrected chi connectivity index (χ1v) is 11.4. The van der Waals surface area contributed by atoms with Crippen LogP contribution in [0.1, 0.15) is 11.1 Å². The molecular weight excluding hydrogens is 450 g/mol. The number of urea groups is 1. The Kier molecular flexibility index (Phi) is 6.75. The molecule has 0 atom stereocenters. The first-order valence-electron chi connectivity index (χ1n) is 8.55. The third-order valence-electron chi connectivity index (χ3n) is 3.85. The fourth-order valence-corrected chi connectivity index (χ4v) is 4.60. The van der Waals surface area contributed by atoms with Crippen LogP contribution < -0.4 is 20.9 Å². The Morgan fingerprint density at radius 3 is 2.63 bits per heavy atom. The summed E-state index contributed by atoms with van der Waals surface area (Å²) in [6, 6.07) is 11.3. The van der Waals surface area contributed by atoms with Crippen LogP contribution in [-0.4, -0.2) is 30.9 Å². The number of aryl methyl sites for hydroxylation is 1. The number of hydrogen-bond acceptors (Lipinski definition) is 8. The van der Waals surface area contributed by atoms with Gasteiger partial charge in [-0.3, -0.25) is 5.43 Å². The van der Waals surface area contributed by atoms with Crippen LogP contribution in [-0.2, 0) is 15.6 Å². The number of carbonyl (C=O) groups is 1. The number of hydrogen-bond donors (Lipinski definition) is 3. The summed E-state index contributed by atoms with van der Waals surface area (Å²) in [7, 11) is -2.22. The van der Waals surface area contributed by atoms with Gasteiger partial charge >= 0.3 is 6.03 Å². The molecule has 2 amide bonds. The lowest BCUT2D eigenvalue weighted by Crippen LogP contribution is -2.33. The maximum absolute atomic E-state index is 12.5. The zero-order valence-corrected chi connectivity index (χ0v) is 18.4. The van der Waals surface area contributed by atoms with Gasteiger partial charge in [0.25, 0.3) is 5.16 Å². The standard InChI is InChI=1S/C18H18ClN5O4S2/c1-11-3-8-14(19)15(9-11)20-16(25)22-23-17-21-18(24-29-17)30(26,27)10-12-4-6-13(28-2)7-5-12/h3-9H,10H2,1-2H3,(H2,20,22,25)(H,21,23,24). The molecular formula is C18H18ClN5O4S2. The van der Waals surface area contributed by atoms with Crippen molar-refractivity contribution in [1.82, 2.24) is 14.8 Å². The number of ether oxygens (including phenoxy) is 1. The number of amides is 2. The maximum Gasteiger partial charge on any atom is 0.337 e. The lowest BCUT2D eigenvalue weighted by Gasteiger charge is -2.09. The summed E-state index contributed by atoms with van der Waals surface area (Å²) in [6.45, 7) is 1.87. The number of anilines is 2. The summed E-state index contributed by atoms with van der Waals surface area (Å²) in [4.78, 5) is 16.0. The Labute approximate surface area is 182 Å². The van der Waals surface area contributed by atoms with Gasteiger partial charge in [-0.05, 0) is 42.3 Å². The fraction of sp³-hybridized carbons (Fsp3) is 0.167. The van der Waals surface area contributed by atoms with E-state index in [1.165, 1.54) is 7.11 Å². The molecule has 1 aromatic heterocycles. The number of rotatable bonds is 7. The van der Waals surface area contributed by atoms with Gasteiger partial charge in [-0.15, -0.1) is 0 Å². The summed E-state index contributed by atoms with van der Waals surface area (Å²) in [5.74, 6) is 0.373. The fourth-order valence-electron chi connectivity index (χ4n) is 2.39. The van der Waals surface area contributed by atoms with Crippen molar-refractivity contribution in [2.75, 3.05) is 17.9 Å². The van der Waals surface area contributed by atoms with Crippen LogP contribution in [0, 0.1) is 6.92 Å². The zero-order valence-electron chi connectivity index (χ0n) is 16.0. The van der Waals surface area contributed by atoms with Crippen molar-refractivity contribution in [2.24, 2.45) is 0 Å². The molecule has 0 aliphatic carbocycles. The van der Waals surface area contributed by atoms with Crippen LogP contribution >= 0.6 is 23.1 Å². The number of aromatic nitrogens is 2. The molecule has 3 N–H and O–H groups in total. The van der Waals surface area contributed by atoms with Crippen molar-refractivity contribution in [3.05, 3.63) is 58.6 Å². The van der Waals surface area contributed by atoms with Crippen molar-refractivity contribution >= 4 is 49.8 Å². The molecule has 0 saturated heterocycles. The first-order chi connectivity index (χ1) is 14.3. The molecule has 0 fully saturated rings. The van der Waals surface area contributed by atoms with Gasteiger partial charge in [-0.2, -0.15) is 9.36 Å². The van der Waals surface area contributed by atoms with Gasteiger partial charge in [0.05, 0.1) is 23.6 Å². The molecule has 158 valence electrons. The van der Waals surface area contributed by atoms with E-state index < -0.39 is 15.9 Å². The van der Waals surface area contributed by atoms with Crippen LogP contribution in [0.3, 0.4) is 0 Å². The molecule has 0 saturated carbocycles. The minimum absolute atomic E-state index is 0.119. The number of hydrazine groups is 1. The van der Waals surface area contributed by atoms with Crippen molar-refractivity contribution in [3.63, 3.8) is 0 Å². The van der Waals surface area contributed by atoms with Crippen LogP contribution in [0.5, 0.6) is 5.75 Å². The number of halogens is 1. The summed E-state index contributed by atoms with van der Waals surface area (Å²) < 4.78 is 34.0. The number of sulfone groups is 1. The number of methoxy groups -OCH3 is 1. The predicted molar refractivity (Wildman–Crippen MR) is 116 cm³/mol. The molecule has 0 unspecified atom stereocenters. The van der Waals surface area contributed by atoms with Gasteiger partial charge in [-0.1, -0.05) is 29.8 Å². The number of nitrogens with one attached hydrogen (secondary N) is 3. The van der Waals surface area contributed by atoms with Gasteiger partial charge < -0.3 is 10.1 Å². The third kappa shape index (κ3) is 5.59. The van der Waals surface area contributed by atoms with Crippen molar-refractivity contribution in [1.29, 1.82) is 0 Å². The quantitative estimate of drug-likeness (QED) is 0.453. The topological polar surface area (TPSA) is 122 Å². The van der Waals surface area contributed by atoms with Crippen molar-refractivity contribution in [3.8, 4) is 5.75 Å². The van der Waals surface area contributed by atoms with Crippen LogP contribution in [0.4, 0.5) is 15.6 Å². The Morgan fingerprint density at radius 2 is 1.93 bits per heavy atom.